The van der Waals surface area contributed by atoms with Crippen LogP contribution in [0.4, 0.5) is 0 Å². The number of hydrogen-bond donors (Lipinski definition) is 0. The van der Waals surface area contributed by atoms with Crippen molar-refractivity contribution in [2.24, 2.45) is 0 Å². The number of likely N-dealkylation sites (N-methyl/N-ethyl adjacent to an activating group) is 1. The summed E-state index contributed by atoms with van der Waals surface area (Å²) in [7, 11) is 4.41. The monoisotopic (exact) mass is 225 g/mol. The fourth-order valence-corrected chi connectivity index (χ4v) is 1.02. The van der Waals surface area contributed by atoms with Crippen molar-refractivity contribution in [3.05, 3.63) is 0 Å². The zero-order chi connectivity index (χ0) is 10.2. The first-order chi connectivity index (χ1) is 6.12. The number of nitrogens with zero attached hydrogens (tertiary/aromatic N) is 1. The smallest absolute Gasteiger partial charge is 0.102 e. The van der Waals surface area contributed by atoms with E-state index in [4.69, 9.17) is 9.47 Å². The summed E-state index contributed by atoms with van der Waals surface area (Å²) < 4.78 is 11.6. The summed E-state index contributed by atoms with van der Waals surface area (Å²) in [5, 5.41) is 0. The van der Waals surface area contributed by atoms with Crippen molar-refractivity contribution < 1.29 is 26.4 Å². The molecule has 0 aromatic heterocycles. The van der Waals surface area contributed by atoms with Crippen molar-refractivity contribution in [3.8, 4) is 0 Å². The van der Waals surface area contributed by atoms with Crippen LogP contribution in [0.15, 0.2) is 0 Å². The number of quaternary nitrogens is 1. The zero-order valence-corrected chi connectivity index (χ0v) is 10.6. The highest BCUT2D eigenvalue weighted by Gasteiger charge is 2.13. The van der Waals surface area contributed by atoms with Crippen LogP contribution in [0.1, 0.15) is 13.8 Å². The Labute approximate surface area is 94.4 Å². The lowest BCUT2D eigenvalue weighted by molar-refractivity contribution is -0.891. The molecule has 0 aromatic rings. The second-order valence-corrected chi connectivity index (χ2v) is 3.78. The van der Waals surface area contributed by atoms with Gasteiger partial charge < -0.3 is 26.4 Å². The van der Waals surface area contributed by atoms with E-state index in [-0.39, 0.29) is 12.4 Å². The second kappa shape index (κ2) is 9.71. The molecule has 0 rings (SSSR count). The van der Waals surface area contributed by atoms with E-state index in [9.17, 15) is 0 Å². The third-order valence-corrected chi connectivity index (χ3v) is 2.09. The van der Waals surface area contributed by atoms with Gasteiger partial charge in [0.2, 0.25) is 0 Å². The molecule has 0 aromatic carbocycles. The van der Waals surface area contributed by atoms with E-state index < -0.39 is 0 Å². The molecule has 0 aliphatic carbocycles. The molecule has 4 heteroatoms. The molecule has 14 heavy (non-hydrogen) atoms. The van der Waals surface area contributed by atoms with Crippen molar-refractivity contribution in [1.29, 1.82) is 0 Å². The maximum Gasteiger partial charge on any atom is 0.102 e. The van der Waals surface area contributed by atoms with E-state index >= 15 is 0 Å². The lowest BCUT2D eigenvalue weighted by atomic mass is 10.4. The van der Waals surface area contributed by atoms with Crippen LogP contribution in [0.25, 0.3) is 0 Å². The van der Waals surface area contributed by atoms with Crippen LogP contribution in [0, 0.1) is 0 Å². The van der Waals surface area contributed by atoms with Gasteiger partial charge in [0, 0.05) is 13.2 Å². The molecule has 0 heterocycles. The highest BCUT2D eigenvalue weighted by Crippen LogP contribution is 1.96. The minimum Gasteiger partial charge on any atom is -1.00 e. The number of hydrogen-bond acceptors (Lipinski definition) is 2. The Kier molecular flexibility index (Phi) is 11.5. The molecule has 0 amide bonds. The zero-order valence-electron chi connectivity index (χ0n) is 9.88. The van der Waals surface area contributed by atoms with Gasteiger partial charge in [-0.1, -0.05) is 0 Å². The Morgan fingerprint density at radius 3 is 1.50 bits per heavy atom. The molecular weight excluding hydrogens is 202 g/mol. The molecule has 88 valence electrons. The quantitative estimate of drug-likeness (QED) is 0.357. The largest absolute Gasteiger partial charge is 1.00 e. The first kappa shape index (κ1) is 16.6. The van der Waals surface area contributed by atoms with E-state index in [1.165, 1.54) is 0 Å². The molecule has 0 spiro atoms. The van der Waals surface area contributed by atoms with Crippen LogP contribution in [0.2, 0.25) is 0 Å². The van der Waals surface area contributed by atoms with Gasteiger partial charge in [-0.3, -0.25) is 0 Å². The fraction of sp³-hybridized carbons (Fsp3) is 1.00. The minimum atomic E-state index is 0. The summed E-state index contributed by atoms with van der Waals surface area (Å²) in [4.78, 5) is 0. The highest BCUT2D eigenvalue weighted by atomic mass is 35.5. The molecule has 0 unspecified atom stereocenters. The summed E-state index contributed by atoms with van der Waals surface area (Å²) in [5.74, 6) is 0. The van der Waals surface area contributed by atoms with E-state index in [0.717, 1.165) is 44.0 Å². The third kappa shape index (κ3) is 10.3. The Hall–Kier alpha value is 0.170. The van der Waals surface area contributed by atoms with E-state index in [1.54, 1.807) is 0 Å². The maximum absolute atomic E-state index is 5.32. The molecule has 0 N–H and O–H groups in total. The first-order valence-corrected chi connectivity index (χ1v) is 5.10. The summed E-state index contributed by atoms with van der Waals surface area (Å²) in [5.41, 5.74) is 0. The summed E-state index contributed by atoms with van der Waals surface area (Å²) >= 11 is 0. The Morgan fingerprint density at radius 1 is 0.857 bits per heavy atom. The Bertz CT molecular complexity index is 109. The van der Waals surface area contributed by atoms with Crippen molar-refractivity contribution in [1.82, 2.24) is 0 Å². The van der Waals surface area contributed by atoms with Crippen LogP contribution >= 0.6 is 0 Å². The van der Waals surface area contributed by atoms with E-state index in [2.05, 4.69) is 14.1 Å². The van der Waals surface area contributed by atoms with Crippen LogP contribution in [0.5, 0.6) is 0 Å². The molecule has 0 saturated heterocycles. The molecule has 0 fully saturated rings. The molecule has 0 aliphatic rings. The Morgan fingerprint density at radius 2 is 1.21 bits per heavy atom. The predicted octanol–water partition coefficient (Wildman–Crippen LogP) is -1.86. The fourth-order valence-electron chi connectivity index (χ4n) is 1.02. The predicted molar refractivity (Wildman–Crippen MR) is 54.8 cm³/mol. The van der Waals surface area contributed by atoms with Gasteiger partial charge in [0.15, 0.2) is 0 Å². The molecule has 0 aliphatic heterocycles. The highest BCUT2D eigenvalue weighted by molar-refractivity contribution is 4.34. The number of halogens is 1. The lowest BCUT2D eigenvalue weighted by Gasteiger charge is -2.29. The molecule has 0 radical (unpaired) electrons. The lowest BCUT2D eigenvalue weighted by Crippen LogP contribution is -3.00. The van der Waals surface area contributed by atoms with Crippen LogP contribution < -0.4 is 12.4 Å². The average Bonchev–Trinajstić information content (AvgIpc) is 2.05. The van der Waals surface area contributed by atoms with Crippen molar-refractivity contribution in [2.45, 2.75) is 13.8 Å². The van der Waals surface area contributed by atoms with Crippen LogP contribution in [-0.4, -0.2) is 58.1 Å². The van der Waals surface area contributed by atoms with Crippen molar-refractivity contribution >= 4 is 0 Å². The topological polar surface area (TPSA) is 18.5 Å². The van der Waals surface area contributed by atoms with Gasteiger partial charge in [-0.25, -0.2) is 0 Å². The summed E-state index contributed by atoms with van der Waals surface area (Å²) in [6.07, 6.45) is 0. The molecule has 0 atom stereocenters. The van der Waals surface area contributed by atoms with Gasteiger partial charge in [-0.05, 0) is 13.8 Å². The minimum absolute atomic E-state index is 0. The van der Waals surface area contributed by atoms with E-state index in [0.29, 0.717) is 0 Å². The summed E-state index contributed by atoms with van der Waals surface area (Å²) in [6, 6.07) is 0. The van der Waals surface area contributed by atoms with Crippen LogP contribution in [0.3, 0.4) is 0 Å². The number of ether oxygens (including phenoxy) is 2. The molecule has 0 bridgehead atoms. The molecule has 3 nitrogen and oxygen atoms in total. The molecule has 0 saturated carbocycles. The second-order valence-electron chi connectivity index (χ2n) is 3.78. The van der Waals surface area contributed by atoms with E-state index in [1.807, 2.05) is 13.8 Å². The first-order valence-electron chi connectivity index (χ1n) is 5.10. The van der Waals surface area contributed by atoms with Gasteiger partial charge in [0.25, 0.3) is 0 Å². The summed E-state index contributed by atoms with van der Waals surface area (Å²) in [6.45, 7) is 9.48. The van der Waals surface area contributed by atoms with Crippen molar-refractivity contribution in [2.75, 3.05) is 53.6 Å². The van der Waals surface area contributed by atoms with Gasteiger partial charge in [0.05, 0.1) is 27.3 Å². The Balaban J connectivity index is 0. The normalized spacial score (nSPS) is 11.1. The number of rotatable bonds is 8. The van der Waals surface area contributed by atoms with Crippen LogP contribution in [-0.2, 0) is 9.47 Å². The van der Waals surface area contributed by atoms with Gasteiger partial charge in [-0.15, -0.1) is 0 Å². The van der Waals surface area contributed by atoms with Crippen molar-refractivity contribution in [3.63, 3.8) is 0 Å². The molecular formula is C10H24ClNO2. The average molecular weight is 226 g/mol. The van der Waals surface area contributed by atoms with Gasteiger partial charge >= 0.3 is 0 Å². The third-order valence-electron chi connectivity index (χ3n) is 2.09. The van der Waals surface area contributed by atoms with Gasteiger partial charge in [0.1, 0.15) is 13.1 Å². The van der Waals surface area contributed by atoms with Gasteiger partial charge in [-0.2, -0.15) is 0 Å². The standard InChI is InChI=1S/C10H24NO2.ClH/c1-5-12-9-7-11(3,4)8-10-13-6-2;/h5-10H2,1-4H3;1H/q+1;/p-1. The maximum atomic E-state index is 5.32. The SMILES string of the molecule is CCOCC[N+](C)(C)CCOCC.[Cl-].